The second kappa shape index (κ2) is 6.95. The van der Waals surface area contributed by atoms with Gasteiger partial charge in [0.1, 0.15) is 11.6 Å². The summed E-state index contributed by atoms with van der Waals surface area (Å²) in [7, 11) is 0. The van der Waals surface area contributed by atoms with Gasteiger partial charge in [-0.2, -0.15) is 11.8 Å². The number of anilines is 1. The summed E-state index contributed by atoms with van der Waals surface area (Å²) in [6.07, 6.45) is 2.10. The molecule has 4 nitrogen and oxygen atoms in total. The molecule has 1 aliphatic heterocycles. The molecule has 2 rings (SSSR count). The molecule has 1 N–H and O–H groups in total. The van der Waals surface area contributed by atoms with Crippen molar-refractivity contribution in [2.24, 2.45) is 0 Å². The third-order valence-corrected chi connectivity index (χ3v) is 3.95. The SMILES string of the molecule is CCCSCc1nc2c(c(NCC)n1)COCC2. The Morgan fingerprint density at radius 3 is 3.00 bits per heavy atom. The second-order valence-electron chi connectivity index (χ2n) is 4.30. The molecule has 0 amide bonds. The summed E-state index contributed by atoms with van der Waals surface area (Å²) in [5, 5.41) is 3.33. The highest BCUT2D eigenvalue weighted by Crippen LogP contribution is 2.23. The fourth-order valence-corrected chi connectivity index (χ4v) is 2.71. The quantitative estimate of drug-likeness (QED) is 0.803. The minimum atomic E-state index is 0.639. The van der Waals surface area contributed by atoms with Gasteiger partial charge in [-0.25, -0.2) is 9.97 Å². The van der Waals surface area contributed by atoms with Crippen molar-refractivity contribution in [3.8, 4) is 0 Å². The van der Waals surface area contributed by atoms with Crippen molar-refractivity contribution in [3.63, 3.8) is 0 Å². The molecule has 0 radical (unpaired) electrons. The Morgan fingerprint density at radius 2 is 2.22 bits per heavy atom. The third-order valence-electron chi connectivity index (χ3n) is 2.79. The fraction of sp³-hybridized carbons (Fsp3) is 0.692. The molecule has 18 heavy (non-hydrogen) atoms. The molecule has 0 fully saturated rings. The first-order valence-corrected chi connectivity index (χ1v) is 7.78. The van der Waals surface area contributed by atoms with E-state index in [0.717, 1.165) is 42.5 Å². The highest BCUT2D eigenvalue weighted by molar-refractivity contribution is 7.98. The molecule has 0 saturated heterocycles. The van der Waals surface area contributed by atoms with Crippen LogP contribution >= 0.6 is 11.8 Å². The van der Waals surface area contributed by atoms with Gasteiger partial charge in [-0.05, 0) is 19.1 Å². The molecule has 0 bridgehead atoms. The number of rotatable bonds is 6. The molecule has 0 spiro atoms. The van der Waals surface area contributed by atoms with E-state index < -0.39 is 0 Å². The zero-order chi connectivity index (χ0) is 12.8. The predicted molar refractivity (Wildman–Crippen MR) is 76.0 cm³/mol. The summed E-state index contributed by atoms with van der Waals surface area (Å²) in [6, 6.07) is 0. The Bertz CT molecular complexity index is 398. The standard InChI is InChI=1S/C13H21N3OS/c1-3-7-18-9-12-15-11-5-6-17-8-10(11)13(16-12)14-4-2/h3-9H2,1-2H3,(H,14,15,16). The van der Waals surface area contributed by atoms with Gasteiger partial charge in [-0.15, -0.1) is 0 Å². The zero-order valence-electron chi connectivity index (χ0n) is 11.2. The van der Waals surface area contributed by atoms with Crippen molar-refractivity contribution >= 4 is 17.6 Å². The van der Waals surface area contributed by atoms with E-state index in [1.807, 2.05) is 11.8 Å². The van der Waals surface area contributed by atoms with Gasteiger partial charge in [0.05, 0.1) is 24.7 Å². The molecule has 2 heterocycles. The molecule has 0 saturated carbocycles. The average molecular weight is 267 g/mol. The Morgan fingerprint density at radius 1 is 1.33 bits per heavy atom. The molecule has 0 unspecified atom stereocenters. The Kier molecular flexibility index (Phi) is 5.26. The van der Waals surface area contributed by atoms with E-state index in [1.165, 1.54) is 17.9 Å². The number of thioether (sulfide) groups is 1. The van der Waals surface area contributed by atoms with Crippen LogP contribution in [0, 0.1) is 0 Å². The van der Waals surface area contributed by atoms with Gasteiger partial charge in [0.2, 0.25) is 0 Å². The lowest BCUT2D eigenvalue weighted by Crippen LogP contribution is -2.17. The molecule has 1 aromatic heterocycles. The van der Waals surface area contributed by atoms with Gasteiger partial charge in [0, 0.05) is 18.5 Å². The van der Waals surface area contributed by atoms with Gasteiger partial charge < -0.3 is 10.1 Å². The summed E-state index contributed by atoms with van der Waals surface area (Å²) < 4.78 is 5.50. The summed E-state index contributed by atoms with van der Waals surface area (Å²) in [4.78, 5) is 9.30. The number of hydrogen-bond donors (Lipinski definition) is 1. The Labute approximate surface area is 113 Å². The second-order valence-corrected chi connectivity index (χ2v) is 5.40. The summed E-state index contributed by atoms with van der Waals surface area (Å²) in [5.74, 6) is 3.99. The predicted octanol–water partition coefficient (Wildman–Crippen LogP) is 2.62. The highest BCUT2D eigenvalue weighted by atomic mass is 32.2. The van der Waals surface area contributed by atoms with Crippen molar-refractivity contribution in [1.82, 2.24) is 9.97 Å². The van der Waals surface area contributed by atoms with Crippen molar-refractivity contribution in [3.05, 3.63) is 17.1 Å². The summed E-state index contributed by atoms with van der Waals surface area (Å²) >= 11 is 1.90. The van der Waals surface area contributed by atoms with Gasteiger partial charge >= 0.3 is 0 Å². The number of ether oxygens (including phenoxy) is 1. The largest absolute Gasteiger partial charge is 0.376 e. The van der Waals surface area contributed by atoms with E-state index in [9.17, 15) is 0 Å². The van der Waals surface area contributed by atoms with Crippen LogP contribution in [-0.4, -0.2) is 28.9 Å². The molecule has 5 heteroatoms. The number of aromatic nitrogens is 2. The minimum absolute atomic E-state index is 0.639. The van der Waals surface area contributed by atoms with Crippen molar-refractivity contribution < 1.29 is 4.74 Å². The fourth-order valence-electron chi connectivity index (χ4n) is 1.97. The van der Waals surface area contributed by atoms with Gasteiger partial charge in [-0.1, -0.05) is 6.92 Å². The van der Waals surface area contributed by atoms with Crippen LogP contribution in [0.1, 0.15) is 37.4 Å². The first kappa shape index (κ1) is 13.6. The van der Waals surface area contributed by atoms with Crippen LogP contribution in [-0.2, 0) is 23.5 Å². The summed E-state index contributed by atoms with van der Waals surface area (Å²) in [5.41, 5.74) is 2.31. The first-order chi connectivity index (χ1) is 8.85. The van der Waals surface area contributed by atoms with Crippen LogP contribution in [0.15, 0.2) is 0 Å². The van der Waals surface area contributed by atoms with Crippen LogP contribution < -0.4 is 5.32 Å². The molecule has 0 atom stereocenters. The van der Waals surface area contributed by atoms with E-state index in [4.69, 9.17) is 4.74 Å². The third kappa shape index (κ3) is 3.36. The van der Waals surface area contributed by atoms with Gasteiger partial charge in [0.25, 0.3) is 0 Å². The lowest BCUT2D eigenvalue weighted by atomic mass is 10.1. The van der Waals surface area contributed by atoms with Crippen LogP contribution in [0.4, 0.5) is 5.82 Å². The van der Waals surface area contributed by atoms with Crippen LogP contribution in [0.2, 0.25) is 0 Å². The number of hydrogen-bond acceptors (Lipinski definition) is 5. The Hall–Kier alpha value is -0.810. The molecule has 100 valence electrons. The lowest BCUT2D eigenvalue weighted by molar-refractivity contribution is 0.109. The smallest absolute Gasteiger partial charge is 0.140 e. The van der Waals surface area contributed by atoms with Crippen LogP contribution in [0.3, 0.4) is 0 Å². The van der Waals surface area contributed by atoms with Crippen molar-refractivity contribution in [2.75, 3.05) is 24.2 Å². The lowest BCUT2D eigenvalue weighted by Gasteiger charge is -2.19. The normalized spacial score (nSPS) is 14.3. The van der Waals surface area contributed by atoms with E-state index in [2.05, 4.69) is 29.1 Å². The molecule has 0 aliphatic carbocycles. The van der Waals surface area contributed by atoms with E-state index in [1.54, 1.807) is 0 Å². The number of nitrogens with zero attached hydrogens (tertiary/aromatic N) is 2. The number of fused-ring (bicyclic) bond motifs is 1. The minimum Gasteiger partial charge on any atom is -0.376 e. The van der Waals surface area contributed by atoms with Crippen LogP contribution in [0.5, 0.6) is 0 Å². The maximum Gasteiger partial charge on any atom is 0.140 e. The van der Waals surface area contributed by atoms with Crippen molar-refractivity contribution in [2.45, 2.75) is 39.0 Å². The topological polar surface area (TPSA) is 47.0 Å². The highest BCUT2D eigenvalue weighted by Gasteiger charge is 2.17. The van der Waals surface area contributed by atoms with E-state index in [-0.39, 0.29) is 0 Å². The molecule has 1 aromatic rings. The summed E-state index contributed by atoms with van der Waals surface area (Å²) in [6.45, 7) is 6.58. The number of nitrogens with one attached hydrogen (secondary N) is 1. The van der Waals surface area contributed by atoms with Gasteiger partial charge in [0.15, 0.2) is 0 Å². The van der Waals surface area contributed by atoms with Crippen LogP contribution in [0.25, 0.3) is 0 Å². The molecule has 1 aliphatic rings. The zero-order valence-corrected chi connectivity index (χ0v) is 12.0. The average Bonchev–Trinajstić information content (AvgIpc) is 2.39. The van der Waals surface area contributed by atoms with Gasteiger partial charge in [-0.3, -0.25) is 0 Å². The molecular weight excluding hydrogens is 246 g/mol. The maximum atomic E-state index is 5.50. The van der Waals surface area contributed by atoms with Crippen molar-refractivity contribution in [1.29, 1.82) is 0 Å². The molecular formula is C13H21N3OS. The first-order valence-electron chi connectivity index (χ1n) is 6.63. The maximum absolute atomic E-state index is 5.50. The monoisotopic (exact) mass is 267 g/mol. The van der Waals surface area contributed by atoms with E-state index in [0.29, 0.717) is 6.61 Å². The van der Waals surface area contributed by atoms with E-state index >= 15 is 0 Å². The molecule has 0 aromatic carbocycles. The Balaban J connectivity index is 2.18.